The summed E-state index contributed by atoms with van der Waals surface area (Å²) in [6.07, 6.45) is 0. The van der Waals surface area contributed by atoms with Crippen LogP contribution in [0, 0.1) is 22.7 Å². The molecule has 0 aliphatic carbocycles. The van der Waals surface area contributed by atoms with Crippen LogP contribution >= 0.6 is 23.5 Å². The van der Waals surface area contributed by atoms with Gasteiger partial charge in [0.05, 0.1) is 11.1 Å². The van der Waals surface area contributed by atoms with E-state index in [9.17, 15) is 0 Å². The SMILES string of the molecule is CCSc1cc(C#N)c(C#N)cc1SCC.CNC. The molecule has 0 amide bonds. The third-order valence-corrected chi connectivity index (χ3v) is 3.93. The maximum absolute atomic E-state index is 8.95. The molecule has 0 aromatic heterocycles. The molecule has 0 fully saturated rings. The Hall–Kier alpha value is -1.14. The quantitative estimate of drug-likeness (QED) is 0.861. The van der Waals surface area contributed by atoms with Gasteiger partial charge in [0.15, 0.2) is 0 Å². The van der Waals surface area contributed by atoms with Crippen LogP contribution in [0.1, 0.15) is 25.0 Å². The lowest BCUT2D eigenvalue weighted by Crippen LogP contribution is -1.89. The molecule has 0 unspecified atom stereocenters. The van der Waals surface area contributed by atoms with Gasteiger partial charge in [-0.25, -0.2) is 0 Å². The number of nitriles is 2. The van der Waals surface area contributed by atoms with E-state index in [-0.39, 0.29) is 0 Å². The van der Waals surface area contributed by atoms with E-state index >= 15 is 0 Å². The number of nitrogens with zero attached hydrogens (tertiary/aromatic N) is 2. The first kappa shape index (κ1) is 17.9. The normalized spacial score (nSPS) is 8.95. The Balaban J connectivity index is 0.000000982. The van der Waals surface area contributed by atoms with Gasteiger partial charge in [-0.05, 0) is 37.7 Å². The van der Waals surface area contributed by atoms with Crippen molar-refractivity contribution >= 4 is 23.5 Å². The molecular formula is C14H19N3S2. The van der Waals surface area contributed by atoms with E-state index in [2.05, 4.69) is 31.3 Å². The van der Waals surface area contributed by atoms with Crippen LogP contribution in [0.3, 0.4) is 0 Å². The molecule has 0 atom stereocenters. The average molecular weight is 293 g/mol. The minimum Gasteiger partial charge on any atom is -0.323 e. The van der Waals surface area contributed by atoms with Crippen LogP contribution < -0.4 is 5.32 Å². The Labute approximate surface area is 124 Å². The molecule has 1 rings (SSSR count). The fourth-order valence-corrected chi connectivity index (χ4v) is 3.06. The zero-order valence-corrected chi connectivity index (χ0v) is 13.4. The molecule has 1 aromatic carbocycles. The number of hydrogen-bond acceptors (Lipinski definition) is 5. The average Bonchev–Trinajstić information content (AvgIpc) is 2.41. The third kappa shape index (κ3) is 6.02. The summed E-state index contributed by atoms with van der Waals surface area (Å²) in [4.78, 5) is 2.20. The maximum Gasteiger partial charge on any atom is 0.101 e. The molecule has 0 aliphatic rings. The topological polar surface area (TPSA) is 59.6 Å². The molecular weight excluding hydrogens is 274 g/mol. The molecule has 0 aliphatic heterocycles. The molecule has 1 N–H and O–H groups in total. The monoisotopic (exact) mass is 293 g/mol. The molecule has 0 saturated carbocycles. The standard InChI is InChI=1S/C12H12N2S2.C2H7N/c1-3-15-11-5-9(7-13)10(8-14)6-12(11)16-4-2;1-3-2/h5-6H,3-4H2,1-2H3;3H,1-2H3. The minimum atomic E-state index is 0.471. The van der Waals surface area contributed by atoms with Crippen LogP contribution in [0.5, 0.6) is 0 Å². The van der Waals surface area contributed by atoms with Gasteiger partial charge in [-0.15, -0.1) is 23.5 Å². The van der Waals surface area contributed by atoms with E-state index in [1.165, 1.54) is 0 Å². The van der Waals surface area contributed by atoms with Crippen molar-refractivity contribution in [3.63, 3.8) is 0 Å². The molecule has 19 heavy (non-hydrogen) atoms. The molecule has 3 nitrogen and oxygen atoms in total. The lowest BCUT2D eigenvalue weighted by Gasteiger charge is -2.08. The third-order valence-electron chi connectivity index (χ3n) is 1.92. The summed E-state index contributed by atoms with van der Waals surface area (Å²) in [5, 5.41) is 20.6. The zero-order valence-electron chi connectivity index (χ0n) is 11.8. The highest BCUT2D eigenvalue weighted by Crippen LogP contribution is 2.33. The zero-order chi connectivity index (χ0) is 14.7. The lowest BCUT2D eigenvalue weighted by molar-refractivity contribution is 1.02. The van der Waals surface area contributed by atoms with Gasteiger partial charge in [0.2, 0.25) is 0 Å². The molecule has 1 aromatic rings. The van der Waals surface area contributed by atoms with E-state index in [4.69, 9.17) is 10.5 Å². The van der Waals surface area contributed by atoms with Gasteiger partial charge in [0.1, 0.15) is 12.1 Å². The summed E-state index contributed by atoms with van der Waals surface area (Å²) in [6, 6.07) is 7.79. The molecule has 0 radical (unpaired) electrons. The van der Waals surface area contributed by atoms with Crippen molar-refractivity contribution in [3.05, 3.63) is 23.3 Å². The molecule has 0 heterocycles. The van der Waals surface area contributed by atoms with Crippen molar-refractivity contribution in [3.8, 4) is 12.1 Å². The fourth-order valence-electron chi connectivity index (χ4n) is 1.28. The van der Waals surface area contributed by atoms with Crippen LogP contribution in [0.25, 0.3) is 0 Å². The highest BCUT2D eigenvalue weighted by molar-refractivity contribution is 8.02. The van der Waals surface area contributed by atoms with Gasteiger partial charge < -0.3 is 5.32 Å². The number of nitrogens with one attached hydrogen (secondary N) is 1. The summed E-state index contributed by atoms with van der Waals surface area (Å²) in [5.74, 6) is 1.93. The highest BCUT2D eigenvalue weighted by atomic mass is 32.2. The first-order chi connectivity index (χ1) is 9.18. The summed E-state index contributed by atoms with van der Waals surface area (Å²) >= 11 is 3.42. The van der Waals surface area contributed by atoms with Crippen LogP contribution in [0.2, 0.25) is 0 Å². The Morgan fingerprint density at radius 1 is 0.947 bits per heavy atom. The number of benzene rings is 1. The molecule has 0 saturated heterocycles. The van der Waals surface area contributed by atoms with Gasteiger partial charge in [0, 0.05) is 9.79 Å². The number of hydrogen-bond donors (Lipinski definition) is 1. The molecule has 5 heteroatoms. The summed E-state index contributed by atoms with van der Waals surface area (Å²) in [5.41, 5.74) is 0.942. The summed E-state index contributed by atoms with van der Waals surface area (Å²) in [6.45, 7) is 4.16. The predicted molar refractivity (Wildman–Crippen MR) is 83.7 cm³/mol. The van der Waals surface area contributed by atoms with E-state index in [1.54, 1.807) is 23.5 Å². The molecule has 0 bridgehead atoms. The van der Waals surface area contributed by atoms with Crippen molar-refractivity contribution in [1.82, 2.24) is 5.32 Å². The van der Waals surface area contributed by atoms with Gasteiger partial charge in [-0.1, -0.05) is 13.8 Å². The first-order valence-corrected chi connectivity index (χ1v) is 7.97. The Morgan fingerprint density at radius 3 is 1.47 bits per heavy atom. The fraction of sp³-hybridized carbons (Fsp3) is 0.429. The van der Waals surface area contributed by atoms with Crippen LogP contribution in [0.4, 0.5) is 0 Å². The van der Waals surface area contributed by atoms with Crippen LogP contribution in [0.15, 0.2) is 21.9 Å². The van der Waals surface area contributed by atoms with Gasteiger partial charge in [-0.3, -0.25) is 0 Å². The van der Waals surface area contributed by atoms with Crippen molar-refractivity contribution in [2.75, 3.05) is 25.6 Å². The van der Waals surface area contributed by atoms with Crippen molar-refractivity contribution in [1.29, 1.82) is 10.5 Å². The van der Waals surface area contributed by atoms with Crippen molar-refractivity contribution in [2.45, 2.75) is 23.6 Å². The molecule has 0 spiro atoms. The van der Waals surface area contributed by atoms with Crippen molar-refractivity contribution < 1.29 is 0 Å². The minimum absolute atomic E-state index is 0.471. The lowest BCUT2D eigenvalue weighted by atomic mass is 10.1. The summed E-state index contributed by atoms with van der Waals surface area (Å²) < 4.78 is 0. The highest BCUT2D eigenvalue weighted by Gasteiger charge is 2.09. The largest absolute Gasteiger partial charge is 0.323 e. The Morgan fingerprint density at radius 2 is 1.26 bits per heavy atom. The van der Waals surface area contributed by atoms with Crippen LogP contribution in [-0.2, 0) is 0 Å². The summed E-state index contributed by atoms with van der Waals surface area (Å²) in [7, 11) is 3.75. The van der Waals surface area contributed by atoms with Gasteiger partial charge >= 0.3 is 0 Å². The second-order valence-electron chi connectivity index (χ2n) is 3.43. The van der Waals surface area contributed by atoms with Crippen molar-refractivity contribution in [2.24, 2.45) is 0 Å². The number of rotatable bonds is 4. The Kier molecular flexibility index (Phi) is 10.1. The van der Waals surface area contributed by atoms with E-state index in [1.807, 2.05) is 26.2 Å². The number of thioether (sulfide) groups is 2. The van der Waals surface area contributed by atoms with E-state index in [0.29, 0.717) is 11.1 Å². The second kappa shape index (κ2) is 10.8. The molecule has 102 valence electrons. The van der Waals surface area contributed by atoms with Gasteiger partial charge in [0.25, 0.3) is 0 Å². The first-order valence-electron chi connectivity index (χ1n) is 6.00. The van der Waals surface area contributed by atoms with Gasteiger partial charge in [-0.2, -0.15) is 10.5 Å². The second-order valence-corrected chi connectivity index (χ2v) is 6.05. The smallest absolute Gasteiger partial charge is 0.101 e. The van der Waals surface area contributed by atoms with E-state index < -0.39 is 0 Å². The van der Waals surface area contributed by atoms with Crippen LogP contribution in [-0.4, -0.2) is 25.6 Å². The van der Waals surface area contributed by atoms with E-state index in [0.717, 1.165) is 21.3 Å². The maximum atomic E-state index is 8.95. The Bertz CT molecular complexity index is 430. The predicted octanol–water partition coefficient (Wildman–Crippen LogP) is 3.49.